The van der Waals surface area contributed by atoms with Crippen LogP contribution in [0.25, 0.3) is 0 Å². The van der Waals surface area contributed by atoms with Crippen LogP contribution in [0.3, 0.4) is 0 Å². The second-order valence-electron chi connectivity index (χ2n) is 4.81. The Morgan fingerprint density at radius 3 is 1.43 bits per heavy atom. The second kappa shape index (κ2) is 6.39. The van der Waals surface area contributed by atoms with Gasteiger partial charge in [0.05, 0.1) is 20.5 Å². The van der Waals surface area contributed by atoms with Gasteiger partial charge in [0, 0.05) is 0 Å². The van der Waals surface area contributed by atoms with Crippen molar-refractivity contribution in [2.24, 2.45) is 0 Å². The third kappa shape index (κ3) is 3.25. The van der Waals surface area contributed by atoms with E-state index in [0.717, 1.165) is 0 Å². The molecule has 2 unspecified atom stereocenters. The van der Waals surface area contributed by atoms with Crippen molar-refractivity contribution in [2.45, 2.75) is 34.4 Å². The van der Waals surface area contributed by atoms with Gasteiger partial charge in [-0.15, -0.1) is 23.2 Å². The van der Waals surface area contributed by atoms with E-state index in [-0.39, 0.29) is 9.79 Å². The Hall–Kier alpha value is -1.03. The number of halogens is 2. The monoisotopic (exact) mass is 342 g/mol. The molecule has 0 aliphatic carbocycles. The molecular formula is C16H16Cl2O2S. The molecule has 2 atom stereocenters. The van der Waals surface area contributed by atoms with Gasteiger partial charge in [-0.25, -0.2) is 8.42 Å². The minimum atomic E-state index is -3.66. The van der Waals surface area contributed by atoms with Crippen molar-refractivity contribution in [1.82, 2.24) is 0 Å². The van der Waals surface area contributed by atoms with Crippen LogP contribution in [0.5, 0.6) is 0 Å². The van der Waals surface area contributed by atoms with Gasteiger partial charge in [-0.2, -0.15) is 0 Å². The molecular weight excluding hydrogens is 327 g/mol. The van der Waals surface area contributed by atoms with E-state index in [1.54, 1.807) is 62.4 Å². The fourth-order valence-electron chi connectivity index (χ4n) is 2.23. The third-order valence-electron chi connectivity index (χ3n) is 3.27. The molecule has 0 bridgehead atoms. The van der Waals surface area contributed by atoms with Gasteiger partial charge < -0.3 is 0 Å². The Morgan fingerprint density at radius 2 is 1.10 bits per heavy atom. The maximum Gasteiger partial charge on any atom is 0.207 e. The van der Waals surface area contributed by atoms with Crippen LogP contribution in [0.2, 0.25) is 0 Å². The van der Waals surface area contributed by atoms with E-state index in [0.29, 0.717) is 11.1 Å². The Bertz CT molecular complexity index is 680. The maximum absolute atomic E-state index is 13.0. The average molecular weight is 343 g/mol. The summed E-state index contributed by atoms with van der Waals surface area (Å²) < 4.78 is 25.9. The Morgan fingerprint density at radius 1 is 0.762 bits per heavy atom. The quantitative estimate of drug-likeness (QED) is 0.722. The summed E-state index contributed by atoms with van der Waals surface area (Å²) in [6.45, 7) is 3.51. The van der Waals surface area contributed by atoms with Gasteiger partial charge >= 0.3 is 0 Å². The van der Waals surface area contributed by atoms with Crippen LogP contribution in [-0.4, -0.2) is 8.42 Å². The van der Waals surface area contributed by atoms with Crippen molar-refractivity contribution in [1.29, 1.82) is 0 Å². The average Bonchev–Trinajstić information content (AvgIpc) is 2.47. The maximum atomic E-state index is 13.0. The van der Waals surface area contributed by atoms with Crippen molar-refractivity contribution in [2.75, 3.05) is 0 Å². The molecule has 112 valence electrons. The summed E-state index contributed by atoms with van der Waals surface area (Å²) >= 11 is 12.2. The lowest BCUT2D eigenvalue weighted by atomic mass is 10.2. The first-order valence-electron chi connectivity index (χ1n) is 6.56. The van der Waals surface area contributed by atoms with Crippen molar-refractivity contribution < 1.29 is 8.42 Å². The largest absolute Gasteiger partial charge is 0.218 e. The highest BCUT2D eigenvalue weighted by molar-refractivity contribution is 7.91. The standard InChI is InChI=1S/C16H16Cl2O2S/c1-11(17)13-7-3-5-9-15(13)21(19,20)16-10-6-4-8-14(16)12(2)18/h3-12H,1-2H3. The summed E-state index contributed by atoms with van der Waals surface area (Å²) in [6.07, 6.45) is 0. The van der Waals surface area contributed by atoms with Gasteiger partial charge in [0.1, 0.15) is 0 Å². The topological polar surface area (TPSA) is 34.1 Å². The minimum Gasteiger partial charge on any atom is -0.218 e. The molecule has 0 N–H and O–H groups in total. The van der Waals surface area contributed by atoms with Crippen molar-refractivity contribution >= 4 is 33.0 Å². The van der Waals surface area contributed by atoms with E-state index >= 15 is 0 Å². The van der Waals surface area contributed by atoms with Crippen molar-refractivity contribution in [3.8, 4) is 0 Å². The number of rotatable bonds is 4. The predicted molar refractivity (Wildman–Crippen MR) is 86.9 cm³/mol. The molecule has 2 nitrogen and oxygen atoms in total. The van der Waals surface area contributed by atoms with E-state index in [2.05, 4.69) is 0 Å². The zero-order valence-electron chi connectivity index (χ0n) is 11.8. The highest BCUT2D eigenvalue weighted by Gasteiger charge is 2.26. The van der Waals surface area contributed by atoms with Crippen LogP contribution in [0.1, 0.15) is 35.7 Å². The van der Waals surface area contributed by atoms with E-state index in [9.17, 15) is 8.42 Å². The predicted octanol–water partition coefficient (Wildman–Crippen LogP) is 5.12. The van der Waals surface area contributed by atoms with Gasteiger partial charge in [-0.3, -0.25) is 0 Å². The van der Waals surface area contributed by atoms with Crippen LogP contribution < -0.4 is 0 Å². The van der Waals surface area contributed by atoms with E-state index in [1.807, 2.05) is 0 Å². The lowest BCUT2D eigenvalue weighted by Crippen LogP contribution is -2.09. The number of hydrogen-bond acceptors (Lipinski definition) is 2. The lowest BCUT2D eigenvalue weighted by Gasteiger charge is -2.15. The van der Waals surface area contributed by atoms with Gasteiger partial charge in [-0.1, -0.05) is 36.4 Å². The summed E-state index contributed by atoms with van der Waals surface area (Å²) in [5.41, 5.74) is 1.19. The summed E-state index contributed by atoms with van der Waals surface area (Å²) in [5.74, 6) is 0. The highest BCUT2D eigenvalue weighted by atomic mass is 35.5. The Labute approximate surface area is 135 Å². The van der Waals surface area contributed by atoms with Crippen LogP contribution in [0.4, 0.5) is 0 Å². The van der Waals surface area contributed by atoms with Crippen LogP contribution in [-0.2, 0) is 9.84 Å². The molecule has 0 aromatic heterocycles. The molecule has 0 fully saturated rings. The molecule has 0 aliphatic rings. The highest BCUT2D eigenvalue weighted by Crippen LogP contribution is 2.34. The molecule has 0 saturated heterocycles. The number of alkyl halides is 2. The van der Waals surface area contributed by atoms with Gasteiger partial charge in [-0.05, 0) is 37.1 Å². The lowest BCUT2D eigenvalue weighted by molar-refractivity contribution is 0.593. The van der Waals surface area contributed by atoms with E-state index in [1.165, 1.54) is 0 Å². The minimum absolute atomic E-state index is 0.234. The van der Waals surface area contributed by atoms with Crippen LogP contribution in [0, 0.1) is 0 Å². The molecule has 0 spiro atoms. The molecule has 2 aromatic carbocycles. The molecule has 0 amide bonds. The molecule has 2 aromatic rings. The second-order valence-corrected chi connectivity index (χ2v) is 8.01. The Kier molecular flexibility index (Phi) is 4.97. The number of sulfone groups is 1. The molecule has 0 heterocycles. The molecule has 5 heteroatoms. The summed E-state index contributed by atoms with van der Waals surface area (Å²) in [6, 6.07) is 13.6. The molecule has 0 radical (unpaired) electrons. The fourth-order valence-corrected chi connectivity index (χ4v) is 4.60. The smallest absolute Gasteiger partial charge is 0.207 e. The van der Waals surface area contributed by atoms with E-state index in [4.69, 9.17) is 23.2 Å². The summed E-state index contributed by atoms with van der Waals surface area (Å²) in [5, 5.41) is -0.784. The summed E-state index contributed by atoms with van der Waals surface area (Å²) in [7, 11) is -3.66. The van der Waals surface area contributed by atoms with Crippen molar-refractivity contribution in [3.05, 3.63) is 59.7 Å². The van der Waals surface area contributed by atoms with Crippen molar-refractivity contribution in [3.63, 3.8) is 0 Å². The van der Waals surface area contributed by atoms with Crippen LogP contribution in [0.15, 0.2) is 58.3 Å². The molecule has 0 aliphatic heterocycles. The zero-order valence-corrected chi connectivity index (χ0v) is 14.1. The Balaban J connectivity index is 2.70. The van der Waals surface area contributed by atoms with Crippen LogP contribution >= 0.6 is 23.2 Å². The molecule has 21 heavy (non-hydrogen) atoms. The van der Waals surface area contributed by atoms with Gasteiger partial charge in [0.15, 0.2) is 0 Å². The zero-order chi connectivity index (χ0) is 15.6. The fraction of sp³-hybridized carbons (Fsp3) is 0.250. The third-order valence-corrected chi connectivity index (χ3v) is 5.65. The first kappa shape index (κ1) is 16.3. The van der Waals surface area contributed by atoms with Gasteiger partial charge in [0.25, 0.3) is 0 Å². The number of benzene rings is 2. The SMILES string of the molecule is CC(Cl)c1ccccc1S(=O)(=O)c1ccccc1C(C)Cl. The van der Waals surface area contributed by atoms with E-state index < -0.39 is 20.6 Å². The summed E-state index contributed by atoms with van der Waals surface area (Å²) in [4.78, 5) is 0.467. The number of hydrogen-bond donors (Lipinski definition) is 0. The first-order chi connectivity index (χ1) is 9.85. The first-order valence-corrected chi connectivity index (χ1v) is 8.92. The molecule has 0 saturated carbocycles. The normalized spacial score (nSPS) is 14.7. The molecule has 2 rings (SSSR count). The van der Waals surface area contributed by atoms with Gasteiger partial charge in [0.2, 0.25) is 9.84 Å².